The molecular weight excluding hydrogens is 210 g/mol. The Morgan fingerprint density at radius 3 is 2.65 bits per heavy atom. The van der Waals surface area contributed by atoms with Gasteiger partial charge in [-0.05, 0) is 26.2 Å². The zero-order valence-corrected chi connectivity index (χ0v) is 11.7. The Morgan fingerprint density at radius 1 is 1.35 bits per heavy atom. The molecule has 0 aliphatic carbocycles. The maximum atomic E-state index is 4.50. The van der Waals surface area contributed by atoms with Gasteiger partial charge < -0.3 is 5.32 Å². The fraction of sp³-hybridized carbons (Fsp3) is 0.786. The van der Waals surface area contributed by atoms with Crippen LogP contribution in [0.5, 0.6) is 0 Å². The van der Waals surface area contributed by atoms with Gasteiger partial charge in [0.05, 0.1) is 0 Å². The molecule has 1 atom stereocenters. The molecule has 1 aromatic rings. The van der Waals surface area contributed by atoms with Crippen molar-refractivity contribution in [2.45, 2.75) is 59.4 Å². The van der Waals surface area contributed by atoms with E-state index < -0.39 is 0 Å². The van der Waals surface area contributed by atoms with Crippen LogP contribution >= 0.6 is 0 Å². The van der Waals surface area contributed by atoms with Crippen molar-refractivity contribution in [3.63, 3.8) is 0 Å². The number of aromatic nitrogens is 2. The molecule has 1 rings (SSSR count). The van der Waals surface area contributed by atoms with Gasteiger partial charge in [0.1, 0.15) is 5.82 Å². The third-order valence-corrected chi connectivity index (χ3v) is 3.25. The minimum Gasteiger partial charge on any atom is -0.368 e. The van der Waals surface area contributed by atoms with Gasteiger partial charge in [-0.25, -0.2) is 0 Å². The summed E-state index contributed by atoms with van der Waals surface area (Å²) in [5.41, 5.74) is 0. The number of anilines is 1. The molecule has 1 heterocycles. The molecule has 0 aliphatic rings. The van der Waals surface area contributed by atoms with Crippen molar-refractivity contribution in [2.24, 2.45) is 5.92 Å². The minimum absolute atomic E-state index is 0.438. The molecule has 0 aliphatic heterocycles. The maximum absolute atomic E-state index is 4.50. The average molecular weight is 237 g/mol. The quantitative estimate of drug-likeness (QED) is 0.738. The number of hydrogen-bond acceptors (Lipinski definition) is 2. The van der Waals surface area contributed by atoms with Crippen LogP contribution in [0, 0.1) is 5.92 Å². The van der Waals surface area contributed by atoms with E-state index in [0.717, 1.165) is 18.3 Å². The lowest BCUT2D eigenvalue weighted by Gasteiger charge is -2.14. The Bertz CT molecular complexity index is 304. The molecule has 1 aromatic heterocycles. The number of hydrogen-bond donors (Lipinski definition) is 1. The summed E-state index contributed by atoms with van der Waals surface area (Å²) in [6.07, 6.45) is 7.24. The Kier molecular flexibility index (Phi) is 6.09. The first kappa shape index (κ1) is 14.1. The van der Waals surface area contributed by atoms with Gasteiger partial charge in [-0.1, -0.05) is 33.1 Å². The molecule has 0 spiro atoms. The Morgan fingerprint density at radius 2 is 2.12 bits per heavy atom. The fourth-order valence-corrected chi connectivity index (χ4v) is 1.91. The van der Waals surface area contributed by atoms with E-state index in [4.69, 9.17) is 0 Å². The summed E-state index contributed by atoms with van der Waals surface area (Å²) in [6.45, 7) is 9.87. The number of nitrogens with zero attached hydrogens (tertiary/aromatic N) is 2. The molecule has 98 valence electrons. The molecule has 3 heteroatoms. The number of unbranched alkanes of at least 4 members (excludes halogenated alkanes) is 1. The van der Waals surface area contributed by atoms with E-state index in [1.807, 2.05) is 10.9 Å². The van der Waals surface area contributed by atoms with Crippen molar-refractivity contribution < 1.29 is 0 Å². The van der Waals surface area contributed by atoms with Gasteiger partial charge in [0.15, 0.2) is 0 Å². The van der Waals surface area contributed by atoms with E-state index in [2.05, 4.69) is 44.2 Å². The molecule has 1 N–H and O–H groups in total. The minimum atomic E-state index is 0.438. The number of rotatable bonds is 8. The third-order valence-electron chi connectivity index (χ3n) is 3.25. The summed E-state index contributed by atoms with van der Waals surface area (Å²) < 4.78 is 2.00. The summed E-state index contributed by atoms with van der Waals surface area (Å²) in [6, 6.07) is 2.50. The second-order valence-electron chi connectivity index (χ2n) is 5.07. The predicted molar refractivity (Wildman–Crippen MR) is 74.4 cm³/mol. The third kappa shape index (κ3) is 4.80. The first-order valence-electron chi connectivity index (χ1n) is 6.96. The van der Waals surface area contributed by atoms with E-state index in [1.54, 1.807) is 0 Å². The van der Waals surface area contributed by atoms with Crippen LogP contribution in [0.4, 0.5) is 5.82 Å². The molecule has 0 radical (unpaired) electrons. The maximum Gasteiger partial charge on any atom is 0.148 e. The van der Waals surface area contributed by atoms with E-state index >= 15 is 0 Å². The molecule has 0 amide bonds. The molecule has 3 nitrogen and oxygen atoms in total. The molecule has 0 saturated heterocycles. The van der Waals surface area contributed by atoms with Gasteiger partial charge >= 0.3 is 0 Å². The molecule has 17 heavy (non-hydrogen) atoms. The van der Waals surface area contributed by atoms with Crippen molar-refractivity contribution in [1.29, 1.82) is 0 Å². The fourth-order valence-electron chi connectivity index (χ4n) is 1.91. The van der Waals surface area contributed by atoms with Crippen LogP contribution in [0.2, 0.25) is 0 Å². The first-order chi connectivity index (χ1) is 8.17. The SMILES string of the molecule is CCCCC(CC)CNc1ccn(C(C)C)n1. The highest BCUT2D eigenvalue weighted by Crippen LogP contribution is 2.14. The predicted octanol–water partition coefficient (Wildman–Crippen LogP) is 4.09. The summed E-state index contributed by atoms with van der Waals surface area (Å²) in [4.78, 5) is 0. The van der Waals surface area contributed by atoms with E-state index in [9.17, 15) is 0 Å². The Hall–Kier alpha value is -0.990. The van der Waals surface area contributed by atoms with Crippen molar-refractivity contribution in [1.82, 2.24) is 9.78 Å². The lowest BCUT2D eigenvalue weighted by Crippen LogP contribution is -2.14. The lowest BCUT2D eigenvalue weighted by molar-refractivity contribution is 0.471. The van der Waals surface area contributed by atoms with Crippen molar-refractivity contribution in [3.8, 4) is 0 Å². The van der Waals surface area contributed by atoms with Crippen LogP contribution in [0.1, 0.15) is 59.4 Å². The van der Waals surface area contributed by atoms with Gasteiger partial charge in [0.25, 0.3) is 0 Å². The van der Waals surface area contributed by atoms with Crippen molar-refractivity contribution in [3.05, 3.63) is 12.3 Å². The second-order valence-corrected chi connectivity index (χ2v) is 5.07. The normalized spacial score (nSPS) is 13.0. The molecule has 0 aromatic carbocycles. The van der Waals surface area contributed by atoms with Gasteiger partial charge in [-0.3, -0.25) is 4.68 Å². The monoisotopic (exact) mass is 237 g/mol. The Labute approximate surface area is 106 Å². The van der Waals surface area contributed by atoms with Gasteiger partial charge in [0.2, 0.25) is 0 Å². The Balaban J connectivity index is 2.37. The van der Waals surface area contributed by atoms with Gasteiger partial charge in [-0.15, -0.1) is 0 Å². The molecule has 0 bridgehead atoms. The molecule has 0 saturated carbocycles. The summed E-state index contributed by atoms with van der Waals surface area (Å²) in [5.74, 6) is 1.78. The highest BCUT2D eigenvalue weighted by molar-refractivity contribution is 5.32. The average Bonchev–Trinajstić information content (AvgIpc) is 2.78. The first-order valence-corrected chi connectivity index (χ1v) is 6.96. The van der Waals surface area contributed by atoms with E-state index in [-0.39, 0.29) is 0 Å². The van der Waals surface area contributed by atoms with E-state index in [0.29, 0.717) is 6.04 Å². The molecular formula is C14H27N3. The van der Waals surface area contributed by atoms with E-state index in [1.165, 1.54) is 25.7 Å². The zero-order valence-electron chi connectivity index (χ0n) is 11.7. The second kappa shape index (κ2) is 7.36. The zero-order chi connectivity index (χ0) is 12.7. The lowest BCUT2D eigenvalue weighted by atomic mass is 9.99. The highest BCUT2D eigenvalue weighted by atomic mass is 15.3. The van der Waals surface area contributed by atoms with Crippen LogP contribution in [0.25, 0.3) is 0 Å². The van der Waals surface area contributed by atoms with Crippen LogP contribution in [0.3, 0.4) is 0 Å². The standard InChI is InChI=1S/C14H27N3/c1-5-7-8-13(6-2)11-15-14-9-10-17(16-14)12(3)4/h9-10,12-13H,5-8,11H2,1-4H3,(H,15,16). The van der Waals surface area contributed by atoms with Crippen LogP contribution < -0.4 is 5.32 Å². The van der Waals surface area contributed by atoms with Gasteiger partial charge in [-0.2, -0.15) is 5.10 Å². The summed E-state index contributed by atoms with van der Waals surface area (Å²) >= 11 is 0. The van der Waals surface area contributed by atoms with Crippen molar-refractivity contribution >= 4 is 5.82 Å². The largest absolute Gasteiger partial charge is 0.368 e. The molecule has 0 fully saturated rings. The van der Waals surface area contributed by atoms with Crippen molar-refractivity contribution in [2.75, 3.05) is 11.9 Å². The summed E-state index contributed by atoms with van der Waals surface area (Å²) in [7, 11) is 0. The topological polar surface area (TPSA) is 29.9 Å². The van der Waals surface area contributed by atoms with Crippen LogP contribution in [-0.4, -0.2) is 16.3 Å². The van der Waals surface area contributed by atoms with Crippen LogP contribution in [-0.2, 0) is 0 Å². The summed E-state index contributed by atoms with van der Waals surface area (Å²) in [5, 5.41) is 7.95. The molecule has 1 unspecified atom stereocenters. The van der Waals surface area contributed by atoms with Crippen LogP contribution in [0.15, 0.2) is 12.3 Å². The smallest absolute Gasteiger partial charge is 0.148 e. The van der Waals surface area contributed by atoms with Gasteiger partial charge in [0, 0.05) is 24.8 Å². The highest BCUT2D eigenvalue weighted by Gasteiger charge is 2.07. The number of nitrogens with one attached hydrogen (secondary N) is 1.